The summed E-state index contributed by atoms with van der Waals surface area (Å²) in [6, 6.07) is 5.03. The number of ether oxygens (including phenoxy) is 1. The van der Waals surface area contributed by atoms with Crippen molar-refractivity contribution in [2.45, 2.75) is 19.5 Å². The molecule has 3 nitrogen and oxygen atoms in total. The van der Waals surface area contributed by atoms with E-state index in [1.54, 1.807) is 13.0 Å². The van der Waals surface area contributed by atoms with E-state index >= 15 is 0 Å². The van der Waals surface area contributed by atoms with Crippen LogP contribution in [0.2, 0.25) is 0 Å². The lowest BCUT2D eigenvalue weighted by Gasteiger charge is -2.09. The Morgan fingerprint density at radius 1 is 1.39 bits per heavy atom. The molecule has 0 aliphatic carbocycles. The van der Waals surface area contributed by atoms with Gasteiger partial charge in [0.05, 0.1) is 12.2 Å². The number of carbonyl (C=O) groups is 1. The first kappa shape index (κ1) is 14.3. The van der Waals surface area contributed by atoms with Crippen molar-refractivity contribution >= 4 is 6.09 Å². The summed E-state index contributed by atoms with van der Waals surface area (Å²) in [5, 5.41) is 2.45. The van der Waals surface area contributed by atoms with Gasteiger partial charge in [-0.2, -0.15) is 13.2 Å². The van der Waals surface area contributed by atoms with Crippen molar-refractivity contribution in [3.63, 3.8) is 0 Å². The molecule has 0 fully saturated rings. The maximum Gasteiger partial charge on any atom is 0.416 e. The molecule has 0 heterocycles. The lowest BCUT2D eigenvalue weighted by molar-refractivity contribution is -0.137. The molecular weight excluding hydrogens is 247 g/mol. The molecule has 1 aromatic rings. The zero-order chi connectivity index (χ0) is 13.6. The Balaban J connectivity index is 2.51. The van der Waals surface area contributed by atoms with Crippen LogP contribution in [0, 0.1) is 0 Å². The molecule has 0 saturated heterocycles. The zero-order valence-corrected chi connectivity index (χ0v) is 9.88. The van der Waals surface area contributed by atoms with E-state index in [0.29, 0.717) is 12.0 Å². The van der Waals surface area contributed by atoms with E-state index in [1.807, 2.05) is 0 Å². The molecule has 0 unspecified atom stereocenters. The minimum absolute atomic E-state index is 0.236. The van der Waals surface area contributed by atoms with Gasteiger partial charge in [0.15, 0.2) is 0 Å². The topological polar surface area (TPSA) is 38.3 Å². The van der Waals surface area contributed by atoms with Gasteiger partial charge in [0.1, 0.15) is 0 Å². The van der Waals surface area contributed by atoms with Crippen LogP contribution in [0.15, 0.2) is 24.3 Å². The van der Waals surface area contributed by atoms with Gasteiger partial charge in [-0.25, -0.2) is 4.79 Å². The van der Waals surface area contributed by atoms with Gasteiger partial charge in [0.25, 0.3) is 0 Å². The summed E-state index contributed by atoms with van der Waals surface area (Å²) in [5.41, 5.74) is -0.169. The summed E-state index contributed by atoms with van der Waals surface area (Å²) in [7, 11) is 0. The number of alkyl halides is 3. The SMILES string of the molecule is CCOC(=O)NCCc1cccc(C(F)(F)F)c1. The van der Waals surface area contributed by atoms with Crippen molar-refractivity contribution in [3.05, 3.63) is 35.4 Å². The summed E-state index contributed by atoms with van der Waals surface area (Å²) in [4.78, 5) is 10.9. The summed E-state index contributed by atoms with van der Waals surface area (Å²) in [6.45, 7) is 2.17. The highest BCUT2D eigenvalue weighted by Crippen LogP contribution is 2.29. The van der Waals surface area contributed by atoms with Crippen molar-refractivity contribution in [2.24, 2.45) is 0 Å². The number of halogens is 3. The van der Waals surface area contributed by atoms with Crippen LogP contribution >= 0.6 is 0 Å². The Morgan fingerprint density at radius 3 is 2.72 bits per heavy atom. The molecule has 0 aliphatic rings. The number of benzene rings is 1. The Labute approximate surface area is 103 Å². The van der Waals surface area contributed by atoms with Gasteiger partial charge in [-0.1, -0.05) is 18.2 Å². The summed E-state index contributed by atoms with van der Waals surface area (Å²) >= 11 is 0. The Bertz CT molecular complexity index is 405. The lowest BCUT2D eigenvalue weighted by Crippen LogP contribution is -2.26. The fourth-order valence-corrected chi connectivity index (χ4v) is 1.39. The van der Waals surface area contributed by atoms with Crippen molar-refractivity contribution in [2.75, 3.05) is 13.2 Å². The minimum atomic E-state index is -4.34. The summed E-state index contributed by atoms with van der Waals surface area (Å²) < 4.78 is 41.9. The van der Waals surface area contributed by atoms with Gasteiger partial charge in [0, 0.05) is 6.54 Å². The second-order valence-electron chi connectivity index (χ2n) is 3.60. The highest BCUT2D eigenvalue weighted by atomic mass is 19.4. The van der Waals surface area contributed by atoms with Gasteiger partial charge in [-0.15, -0.1) is 0 Å². The molecule has 0 aromatic heterocycles. The van der Waals surface area contributed by atoms with Crippen molar-refractivity contribution < 1.29 is 22.7 Å². The fourth-order valence-electron chi connectivity index (χ4n) is 1.39. The number of alkyl carbamates (subject to hydrolysis) is 1. The number of hydrogen-bond acceptors (Lipinski definition) is 2. The van der Waals surface area contributed by atoms with Crippen LogP contribution in [0.5, 0.6) is 0 Å². The van der Waals surface area contributed by atoms with E-state index in [4.69, 9.17) is 0 Å². The molecule has 1 aromatic carbocycles. The van der Waals surface area contributed by atoms with Gasteiger partial charge in [-0.3, -0.25) is 0 Å². The molecule has 0 bridgehead atoms. The molecule has 0 saturated carbocycles. The Kier molecular flexibility index (Phi) is 5.00. The molecule has 0 radical (unpaired) electrons. The van der Waals surface area contributed by atoms with Gasteiger partial charge in [0.2, 0.25) is 0 Å². The van der Waals surface area contributed by atoms with Crippen molar-refractivity contribution in [1.82, 2.24) is 5.32 Å². The molecule has 1 N–H and O–H groups in total. The van der Waals surface area contributed by atoms with Crippen LogP contribution in [-0.4, -0.2) is 19.2 Å². The largest absolute Gasteiger partial charge is 0.450 e. The van der Waals surface area contributed by atoms with Crippen LogP contribution in [0.1, 0.15) is 18.1 Å². The normalized spacial score (nSPS) is 11.1. The van der Waals surface area contributed by atoms with Crippen LogP contribution in [-0.2, 0) is 17.3 Å². The predicted molar refractivity (Wildman–Crippen MR) is 60.2 cm³/mol. The second kappa shape index (κ2) is 6.28. The molecule has 18 heavy (non-hydrogen) atoms. The second-order valence-corrected chi connectivity index (χ2v) is 3.60. The number of amides is 1. The van der Waals surface area contributed by atoms with E-state index < -0.39 is 17.8 Å². The minimum Gasteiger partial charge on any atom is -0.450 e. The monoisotopic (exact) mass is 261 g/mol. The van der Waals surface area contributed by atoms with E-state index in [1.165, 1.54) is 6.07 Å². The van der Waals surface area contributed by atoms with Crippen LogP contribution in [0.4, 0.5) is 18.0 Å². The first-order valence-corrected chi connectivity index (χ1v) is 5.50. The fraction of sp³-hybridized carbons (Fsp3) is 0.417. The van der Waals surface area contributed by atoms with Gasteiger partial charge >= 0.3 is 12.3 Å². The quantitative estimate of drug-likeness (QED) is 0.904. The molecule has 6 heteroatoms. The molecule has 1 rings (SSSR count). The number of rotatable bonds is 4. The molecule has 0 atom stereocenters. The summed E-state index contributed by atoms with van der Waals surface area (Å²) in [5.74, 6) is 0. The molecule has 0 spiro atoms. The van der Waals surface area contributed by atoms with Crippen LogP contribution in [0.3, 0.4) is 0 Å². The van der Waals surface area contributed by atoms with E-state index in [-0.39, 0.29) is 13.2 Å². The van der Waals surface area contributed by atoms with E-state index in [2.05, 4.69) is 10.1 Å². The Hall–Kier alpha value is -1.72. The maximum atomic E-state index is 12.4. The molecular formula is C12H14F3NO2. The smallest absolute Gasteiger partial charge is 0.416 e. The predicted octanol–water partition coefficient (Wildman–Crippen LogP) is 2.99. The van der Waals surface area contributed by atoms with Gasteiger partial charge in [-0.05, 0) is 25.0 Å². The average Bonchev–Trinajstić information content (AvgIpc) is 2.29. The molecule has 100 valence electrons. The number of hydrogen-bond donors (Lipinski definition) is 1. The first-order chi connectivity index (χ1) is 8.43. The third-order valence-corrected chi connectivity index (χ3v) is 2.21. The van der Waals surface area contributed by atoms with E-state index in [0.717, 1.165) is 12.1 Å². The highest BCUT2D eigenvalue weighted by molar-refractivity contribution is 5.67. The van der Waals surface area contributed by atoms with Crippen LogP contribution in [0.25, 0.3) is 0 Å². The van der Waals surface area contributed by atoms with E-state index in [9.17, 15) is 18.0 Å². The van der Waals surface area contributed by atoms with Crippen LogP contribution < -0.4 is 5.32 Å². The number of carbonyl (C=O) groups excluding carboxylic acids is 1. The highest BCUT2D eigenvalue weighted by Gasteiger charge is 2.30. The zero-order valence-electron chi connectivity index (χ0n) is 9.88. The standard InChI is InChI=1S/C12H14F3NO2/c1-2-18-11(17)16-7-6-9-4-3-5-10(8-9)12(13,14)15/h3-5,8H,2,6-7H2,1H3,(H,16,17). The Morgan fingerprint density at radius 2 is 2.11 bits per heavy atom. The molecule has 0 aliphatic heterocycles. The average molecular weight is 261 g/mol. The maximum absolute atomic E-state index is 12.4. The third kappa shape index (κ3) is 4.65. The molecule has 1 amide bonds. The summed E-state index contributed by atoms with van der Waals surface area (Å²) in [6.07, 6.45) is -4.59. The lowest BCUT2D eigenvalue weighted by atomic mass is 10.1. The van der Waals surface area contributed by atoms with Crippen molar-refractivity contribution in [1.29, 1.82) is 0 Å². The first-order valence-electron chi connectivity index (χ1n) is 5.50. The number of nitrogens with one attached hydrogen (secondary N) is 1. The van der Waals surface area contributed by atoms with Crippen molar-refractivity contribution in [3.8, 4) is 0 Å². The van der Waals surface area contributed by atoms with Gasteiger partial charge < -0.3 is 10.1 Å². The third-order valence-electron chi connectivity index (χ3n) is 2.21.